The van der Waals surface area contributed by atoms with Crippen LogP contribution in [-0.4, -0.2) is 27.5 Å². The van der Waals surface area contributed by atoms with Crippen molar-refractivity contribution in [2.75, 3.05) is 0 Å². The Morgan fingerprint density at radius 1 is 0.871 bits per heavy atom. The average Bonchev–Trinajstić information content (AvgIpc) is 3.11. The van der Waals surface area contributed by atoms with E-state index in [0.29, 0.717) is 27.5 Å². The lowest BCUT2D eigenvalue weighted by atomic mass is 10.0. The van der Waals surface area contributed by atoms with E-state index in [9.17, 15) is 4.79 Å². The standard InChI is InChI=1S/C25H19ClN4O/c1-18-22(25(26)30(29-18)21-15-9-4-10-16-21)17-27-28-23(19-11-5-2-6-12-19)24(31)20-13-7-3-8-14-20/h2-17H,1H3/b27-17-,28-23-. The molecular weight excluding hydrogens is 408 g/mol. The third-order valence-corrected chi connectivity index (χ3v) is 5.06. The van der Waals surface area contributed by atoms with E-state index in [1.54, 1.807) is 16.8 Å². The number of hydrogen-bond donors (Lipinski definition) is 0. The van der Waals surface area contributed by atoms with Crippen molar-refractivity contribution in [3.8, 4) is 5.69 Å². The number of Topliss-reactive ketones (excluding diaryl/α,β-unsaturated/α-hetero) is 1. The first-order chi connectivity index (χ1) is 15.1. The molecule has 0 saturated heterocycles. The lowest BCUT2D eigenvalue weighted by molar-refractivity contribution is 0.106. The van der Waals surface area contributed by atoms with Gasteiger partial charge in [0.05, 0.1) is 23.2 Å². The van der Waals surface area contributed by atoms with Gasteiger partial charge >= 0.3 is 0 Å². The first-order valence-electron chi connectivity index (χ1n) is 9.72. The number of nitrogens with zero attached hydrogens (tertiary/aromatic N) is 4. The molecule has 0 atom stereocenters. The van der Waals surface area contributed by atoms with Crippen LogP contribution in [0.15, 0.2) is 101 Å². The van der Waals surface area contributed by atoms with E-state index >= 15 is 0 Å². The zero-order valence-electron chi connectivity index (χ0n) is 16.8. The molecule has 1 aromatic heterocycles. The molecule has 0 aliphatic heterocycles. The van der Waals surface area contributed by atoms with Crippen molar-refractivity contribution in [2.24, 2.45) is 10.2 Å². The van der Waals surface area contributed by atoms with Crippen molar-refractivity contribution in [2.45, 2.75) is 6.92 Å². The second kappa shape index (κ2) is 9.32. The zero-order chi connectivity index (χ0) is 21.6. The van der Waals surface area contributed by atoms with Crippen molar-refractivity contribution in [1.29, 1.82) is 0 Å². The number of para-hydroxylation sites is 1. The van der Waals surface area contributed by atoms with Crippen LogP contribution in [0.2, 0.25) is 5.15 Å². The summed E-state index contributed by atoms with van der Waals surface area (Å²) in [6, 6.07) is 27.9. The quantitative estimate of drug-likeness (QED) is 0.231. The van der Waals surface area contributed by atoms with Crippen molar-refractivity contribution in [1.82, 2.24) is 9.78 Å². The van der Waals surface area contributed by atoms with Gasteiger partial charge in [0, 0.05) is 11.1 Å². The van der Waals surface area contributed by atoms with Gasteiger partial charge in [0.25, 0.3) is 0 Å². The topological polar surface area (TPSA) is 59.6 Å². The normalized spacial score (nSPS) is 11.7. The average molecular weight is 427 g/mol. The number of aryl methyl sites for hydroxylation is 1. The molecule has 0 aliphatic rings. The number of ketones is 1. The lowest BCUT2D eigenvalue weighted by Gasteiger charge is -2.04. The van der Waals surface area contributed by atoms with Gasteiger partial charge in [0.2, 0.25) is 5.78 Å². The number of halogens is 1. The Kier molecular flexibility index (Phi) is 6.15. The van der Waals surface area contributed by atoms with E-state index < -0.39 is 0 Å². The minimum Gasteiger partial charge on any atom is -0.287 e. The first kappa shape index (κ1) is 20.4. The Morgan fingerprint density at radius 2 is 1.42 bits per heavy atom. The Hall–Kier alpha value is -3.83. The second-order valence-corrected chi connectivity index (χ2v) is 7.15. The fourth-order valence-corrected chi connectivity index (χ4v) is 3.42. The van der Waals surface area contributed by atoms with E-state index in [1.165, 1.54) is 6.21 Å². The van der Waals surface area contributed by atoms with Crippen molar-refractivity contribution >= 4 is 29.3 Å². The summed E-state index contributed by atoms with van der Waals surface area (Å²) in [5, 5.41) is 13.4. The van der Waals surface area contributed by atoms with Gasteiger partial charge in [0.1, 0.15) is 10.9 Å². The Balaban J connectivity index is 1.70. The Morgan fingerprint density at radius 3 is 2.03 bits per heavy atom. The molecule has 3 aromatic carbocycles. The highest BCUT2D eigenvalue weighted by atomic mass is 35.5. The molecule has 0 aliphatic carbocycles. The maximum Gasteiger partial charge on any atom is 0.213 e. The first-order valence-corrected chi connectivity index (χ1v) is 10.1. The van der Waals surface area contributed by atoms with E-state index in [4.69, 9.17) is 11.6 Å². The summed E-state index contributed by atoms with van der Waals surface area (Å²) in [5.74, 6) is -0.202. The van der Waals surface area contributed by atoms with Crippen LogP contribution in [0.4, 0.5) is 0 Å². The molecule has 152 valence electrons. The van der Waals surface area contributed by atoms with Crippen LogP contribution in [0.3, 0.4) is 0 Å². The second-order valence-electron chi connectivity index (χ2n) is 6.79. The smallest absolute Gasteiger partial charge is 0.213 e. The van der Waals surface area contributed by atoms with Gasteiger partial charge in [0.15, 0.2) is 0 Å². The van der Waals surface area contributed by atoms with Crippen LogP contribution >= 0.6 is 11.6 Å². The zero-order valence-corrected chi connectivity index (χ0v) is 17.6. The number of aromatic nitrogens is 2. The Labute approximate surface area is 185 Å². The summed E-state index contributed by atoms with van der Waals surface area (Å²) in [7, 11) is 0. The summed E-state index contributed by atoms with van der Waals surface area (Å²) in [4.78, 5) is 13.1. The number of rotatable bonds is 6. The highest BCUT2D eigenvalue weighted by Crippen LogP contribution is 2.22. The summed E-state index contributed by atoms with van der Waals surface area (Å²) >= 11 is 6.55. The summed E-state index contributed by atoms with van der Waals surface area (Å²) in [6.45, 7) is 1.85. The molecule has 0 unspecified atom stereocenters. The van der Waals surface area contributed by atoms with Gasteiger partial charge in [-0.05, 0) is 19.1 Å². The molecule has 0 fully saturated rings. The number of hydrogen-bond acceptors (Lipinski definition) is 4. The number of benzene rings is 3. The molecule has 5 nitrogen and oxygen atoms in total. The summed E-state index contributed by atoms with van der Waals surface area (Å²) in [5.41, 5.74) is 3.70. The van der Waals surface area contributed by atoms with Gasteiger partial charge < -0.3 is 0 Å². The molecule has 0 radical (unpaired) electrons. The minimum absolute atomic E-state index is 0.202. The molecule has 1 heterocycles. The molecule has 0 N–H and O–H groups in total. The SMILES string of the molecule is Cc1nn(-c2ccccc2)c(Cl)c1/C=N\N=C(/C(=O)c1ccccc1)c1ccccc1. The van der Waals surface area contributed by atoms with Crippen LogP contribution in [0.1, 0.15) is 27.2 Å². The van der Waals surface area contributed by atoms with E-state index in [0.717, 1.165) is 5.69 Å². The third kappa shape index (κ3) is 4.52. The Bertz CT molecular complexity index is 1250. The molecule has 0 saturated carbocycles. The molecule has 0 bridgehead atoms. The molecule has 31 heavy (non-hydrogen) atoms. The fraction of sp³-hybridized carbons (Fsp3) is 0.0400. The molecule has 0 spiro atoms. The lowest BCUT2D eigenvalue weighted by Crippen LogP contribution is -2.15. The number of carbonyl (C=O) groups is 1. The summed E-state index contributed by atoms with van der Waals surface area (Å²) in [6.07, 6.45) is 1.53. The van der Waals surface area contributed by atoms with E-state index in [-0.39, 0.29) is 11.5 Å². The number of carbonyl (C=O) groups excluding carboxylic acids is 1. The van der Waals surface area contributed by atoms with Gasteiger partial charge in [-0.3, -0.25) is 4.79 Å². The van der Waals surface area contributed by atoms with Crippen LogP contribution < -0.4 is 0 Å². The van der Waals surface area contributed by atoms with Gasteiger partial charge in [-0.25, -0.2) is 4.68 Å². The monoisotopic (exact) mass is 426 g/mol. The van der Waals surface area contributed by atoms with Crippen molar-refractivity contribution in [3.63, 3.8) is 0 Å². The predicted octanol–water partition coefficient (Wildman–Crippen LogP) is 5.54. The molecular formula is C25H19ClN4O. The maximum atomic E-state index is 13.1. The molecule has 0 amide bonds. The predicted molar refractivity (Wildman–Crippen MR) is 125 cm³/mol. The van der Waals surface area contributed by atoms with E-state index in [1.807, 2.05) is 85.8 Å². The van der Waals surface area contributed by atoms with Crippen molar-refractivity contribution in [3.05, 3.63) is 119 Å². The molecule has 4 rings (SSSR count). The summed E-state index contributed by atoms with van der Waals surface area (Å²) < 4.78 is 1.65. The van der Waals surface area contributed by atoms with Gasteiger partial charge in [-0.1, -0.05) is 90.5 Å². The fourth-order valence-electron chi connectivity index (χ4n) is 3.10. The highest BCUT2D eigenvalue weighted by molar-refractivity contribution is 6.51. The molecule has 4 aromatic rings. The van der Waals surface area contributed by atoms with E-state index in [2.05, 4.69) is 15.3 Å². The van der Waals surface area contributed by atoms with Gasteiger partial charge in [-0.15, -0.1) is 5.10 Å². The largest absolute Gasteiger partial charge is 0.287 e. The maximum absolute atomic E-state index is 13.1. The van der Waals surface area contributed by atoms with Crippen molar-refractivity contribution < 1.29 is 4.79 Å². The van der Waals surface area contributed by atoms with Crippen LogP contribution in [0.25, 0.3) is 5.69 Å². The minimum atomic E-state index is -0.202. The molecule has 6 heteroatoms. The van der Waals surface area contributed by atoms with Crippen LogP contribution in [0.5, 0.6) is 0 Å². The van der Waals surface area contributed by atoms with Crippen LogP contribution in [0, 0.1) is 6.92 Å². The van der Waals surface area contributed by atoms with Crippen LogP contribution in [-0.2, 0) is 0 Å². The third-order valence-electron chi connectivity index (χ3n) is 4.69. The highest BCUT2D eigenvalue weighted by Gasteiger charge is 2.17. The van der Waals surface area contributed by atoms with Gasteiger partial charge in [-0.2, -0.15) is 10.2 Å².